The first-order valence-electron chi connectivity index (χ1n) is 11.8. The van der Waals surface area contributed by atoms with Gasteiger partial charge in [0, 0.05) is 16.7 Å². The van der Waals surface area contributed by atoms with Crippen molar-refractivity contribution >= 4 is 17.5 Å². The molecular formula is C30H23N5O. The summed E-state index contributed by atoms with van der Waals surface area (Å²) >= 11 is 0. The molecule has 0 radical (unpaired) electrons. The molecule has 6 rings (SSSR count). The fourth-order valence-electron chi connectivity index (χ4n) is 4.40. The Bertz CT molecular complexity index is 1610. The molecule has 0 aliphatic heterocycles. The Morgan fingerprint density at radius 2 is 1.25 bits per heavy atom. The second-order valence-corrected chi connectivity index (χ2v) is 8.47. The Morgan fingerprint density at radius 1 is 0.694 bits per heavy atom. The number of imidazole rings is 1. The average molecular weight is 470 g/mol. The predicted octanol–water partition coefficient (Wildman–Crippen LogP) is 6.43. The van der Waals surface area contributed by atoms with E-state index >= 15 is 0 Å². The van der Waals surface area contributed by atoms with E-state index in [0.29, 0.717) is 17.3 Å². The van der Waals surface area contributed by atoms with E-state index in [1.54, 1.807) is 0 Å². The van der Waals surface area contributed by atoms with Crippen molar-refractivity contribution in [2.24, 2.45) is 0 Å². The fourth-order valence-corrected chi connectivity index (χ4v) is 4.40. The molecule has 0 unspecified atom stereocenters. The van der Waals surface area contributed by atoms with Gasteiger partial charge in [-0.25, -0.2) is 9.50 Å². The number of hydrogen-bond acceptors (Lipinski definition) is 4. The Balaban J connectivity index is 1.44. The van der Waals surface area contributed by atoms with Gasteiger partial charge >= 0.3 is 0 Å². The van der Waals surface area contributed by atoms with E-state index in [9.17, 15) is 4.79 Å². The number of carbonyl (C=O) groups excluding carboxylic acids is 1. The molecule has 0 aliphatic rings. The van der Waals surface area contributed by atoms with Gasteiger partial charge in [-0.3, -0.25) is 9.89 Å². The van der Waals surface area contributed by atoms with Crippen molar-refractivity contribution in [2.75, 3.05) is 5.32 Å². The van der Waals surface area contributed by atoms with Crippen LogP contribution < -0.4 is 5.32 Å². The highest BCUT2D eigenvalue weighted by Gasteiger charge is 2.25. The van der Waals surface area contributed by atoms with Crippen molar-refractivity contribution in [1.82, 2.24) is 19.6 Å². The van der Waals surface area contributed by atoms with Gasteiger partial charge in [-0.2, -0.15) is 4.98 Å². The number of anilines is 1. The third-order valence-corrected chi connectivity index (χ3v) is 6.12. The van der Waals surface area contributed by atoms with E-state index < -0.39 is 6.04 Å². The summed E-state index contributed by atoms with van der Waals surface area (Å²) in [6.07, 6.45) is 0. The summed E-state index contributed by atoms with van der Waals surface area (Å²) in [7, 11) is 0. The number of Topliss-reactive ketones (excluding diaryl/α,β-unsaturated/α-hetero) is 1. The zero-order chi connectivity index (χ0) is 24.3. The number of H-pyrrole nitrogens is 1. The molecule has 36 heavy (non-hydrogen) atoms. The molecule has 0 saturated heterocycles. The van der Waals surface area contributed by atoms with Crippen molar-refractivity contribution in [2.45, 2.75) is 6.04 Å². The molecule has 6 aromatic rings. The van der Waals surface area contributed by atoms with Crippen molar-refractivity contribution < 1.29 is 4.79 Å². The first-order chi connectivity index (χ1) is 17.8. The molecule has 6 nitrogen and oxygen atoms in total. The minimum atomic E-state index is -0.613. The van der Waals surface area contributed by atoms with Crippen LogP contribution >= 0.6 is 0 Å². The Morgan fingerprint density at radius 3 is 1.89 bits per heavy atom. The summed E-state index contributed by atoms with van der Waals surface area (Å²) in [6, 6.07) is 38.5. The number of benzene rings is 4. The lowest BCUT2D eigenvalue weighted by Gasteiger charge is -2.17. The molecule has 0 spiro atoms. The Kier molecular flexibility index (Phi) is 5.60. The van der Waals surface area contributed by atoms with Gasteiger partial charge in [0.05, 0.1) is 0 Å². The first-order valence-corrected chi connectivity index (χ1v) is 11.8. The molecule has 1 atom stereocenters. The van der Waals surface area contributed by atoms with E-state index in [0.717, 1.165) is 28.1 Å². The number of hydrogen-bond donors (Lipinski definition) is 2. The molecule has 0 fully saturated rings. The number of fused-ring (bicyclic) bond motifs is 1. The number of rotatable bonds is 7. The summed E-state index contributed by atoms with van der Waals surface area (Å²) in [5.74, 6) is 0.950. The van der Waals surface area contributed by atoms with E-state index in [1.165, 1.54) is 0 Å². The lowest BCUT2D eigenvalue weighted by molar-refractivity contribution is 0.0969. The summed E-state index contributed by atoms with van der Waals surface area (Å²) in [6.45, 7) is 0. The average Bonchev–Trinajstić information content (AvgIpc) is 3.51. The molecular weight excluding hydrogens is 446 g/mol. The van der Waals surface area contributed by atoms with Gasteiger partial charge in [0.25, 0.3) is 5.78 Å². The van der Waals surface area contributed by atoms with Gasteiger partial charge in [0.1, 0.15) is 17.4 Å². The number of carbonyl (C=O) groups is 1. The Labute approximate surface area is 208 Å². The van der Waals surface area contributed by atoms with Crippen LogP contribution in [0.25, 0.3) is 28.3 Å². The molecule has 0 aliphatic carbocycles. The number of nitrogens with one attached hydrogen (secondary N) is 2. The van der Waals surface area contributed by atoms with Gasteiger partial charge in [-0.05, 0) is 5.56 Å². The maximum atomic E-state index is 13.5. The van der Waals surface area contributed by atoms with E-state index in [2.05, 4.69) is 22.5 Å². The maximum Gasteiger partial charge on any atom is 0.253 e. The number of aromatic amines is 1. The van der Waals surface area contributed by atoms with Crippen LogP contribution in [0.5, 0.6) is 0 Å². The minimum absolute atomic E-state index is 0.0379. The lowest BCUT2D eigenvalue weighted by atomic mass is 9.97. The van der Waals surface area contributed by atoms with Crippen molar-refractivity contribution in [3.63, 3.8) is 0 Å². The highest BCUT2D eigenvalue weighted by Crippen LogP contribution is 2.33. The van der Waals surface area contributed by atoms with Gasteiger partial charge in [0.2, 0.25) is 5.95 Å². The van der Waals surface area contributed by atoms with Crippen LogP contribution in [0, 0.1) is 0 Å². The molecule has 4 aromatic carbocycles. The highest BCUT2D eigenvalue weighted by molar-refractivity contribution is 6.02. The van der Waals surface area contributed by atoms with Crippen LogP contribution in [0.3, 0.4) is 0 Å². The van der Waals surface area contributed by atoms with Crippen LogP contribution in [0.4, 0.5) is 5.95 Å². The quantitative estimate of drug-likeness (QED) is 0.264. The zero-order valence-corrected chi connectivity index (χ0v) is 19.4. The molecule has 174 valence electrons. The van der Waals surface area contributed by atoms with Gasteiger partial charge < -0.3 is 5.32 Å². The summed E-state index contributed by atoms with van der Waals surface area (Å²) in [5.41, 5.74) is 5.25. The summed E-state index contributed by atoms with van der Waals surface area (Å²) < 4.78 is 1.87. The number of nitrogens with zero attached hydrogens (tertiary/aromatic N) is 3. The van der Waals surface area contributed by atoms with Crippen LogP contribution in [-0.4, -0.2) is 25.4 Å². The third kappa shape index (κ3) is 4.05. The second-order valence-electron chi connectivity index (χ2n) is 8.47. The van der Waals surface area contributed by atoms with Gasteiger partial charge in [-0.15, -0.1) is 0 Å². The number of ketones is 1. The van der Waals surface area contributed by atoms with Gasteiger partial charge in [0.15, 0.2) is 5.78 Å². The van der Waals surface area contributed by atoms with E-state index in [1.807, 2.05) is 114 Å². The largest absolute Gasteiger partial charge is 0.340 e. The smallest absolute Gasteiger partial charge is 0.253 e. The number of aromatic nitrogens is 4. The predicted molar refractivity (Wildman–Crippen MR) is 142 cm³/mol. The maximum absolute atomic E-state index is 13.5. The molecule has 2 aromatic heterocycles. The monoisotopic (exact) mass is 469 g/mol. The van der Waals surface area contributed by atoms with Crippen LogP contribution in [0.1, 0.15) is 22.0 Å². The molecule has 0 bridgehead atoms. The molecule has 0 amide bonds. The van der Waals surface area contributed by atoms with Crippen LogP contribution in [-0.2, 0) is 0 Å². The summed E-state index contributed by atoms with van der Waals surface area (Å²) in [5, 5.41) is 6.67. The van der Waals surface area contributed by atoms with E-state index in [4.69, 9.17) is 9.97 Å². The molecule has 0 saturated carbocycles. The molecule has 2 N–H and O–H groups in total. The topological polar surface area (TPSA) is 75.1 Å². The van der Waals surface area contributed by atoms with Gasteiger partial charge in [-0.1, -0.05) is 121 Å². The van der Waals surface area contributed by atoms with Crippen LogP contribution in [0.15, 0.2) is 121 Å². The van der Waals surface area contributed by atoms with Crippen molar-refractivity contribution in [1.29, 1.82) is 0 Å². The first kappa shape index (κ1) is 21.6. The van der Waals surface area contributed by atoms with E-state index in [-0.39, 0.29) is 5.78 Å². The normalized spacial score (nSPS) is 11.9. The van der Waals surface area contributed by atoms with Crippen LogP contribution in [0.2, 0.25) is 0 Å². The Hall–Kier alpha value is -4.97. The fraction of sp³-hybridized carbons (Fsp3) is 0.0333. The zero-order valence-electron chi connectivity index (χ0n) is 19.4. The second kappa shape index (κ2) is 9.35. The summed E-state index contributed by atoms with van der Waals surface area (Å²) in [4.78, 5) is 23.1. The SMILES string of the molecule is O=C(c1ccccc1)[C@@H](Nc1nc2nc(-c3ccccc3)c(-c3ccccc3)n2[nH]1)c1ccccc1. The minimum Gasteiger partial charge on any atom is -0.340 e. The lowest BCUT2D eigenvalue weighted by Crippen LogP contribution is -2.22. The standard InChI is InChI=1S/C30H23N5O/c36-28(24-19-11-4-12-20-24)26(22-15-7-2-8-16-22)31-29-33-30-32-25(21-13-5-1-6-14-21)27(35(30)34-29)23-17-9-3-10-18-23/h1-20,26H,(H2,31,32,33,34)/t26-/m0/s1. The van der Waals surface area contributed by atoms with Crippen molar-refractivity contribution in [3.8, 4) is 22.5 Å². The molecule has 6 heteroatoms. The third-order valence-electron chi connectivity index (χ3n) is 6.12. The molecule has 2 heterocycles. The highest BCUT2D eigenvalue weighted by atomic mass is 16.1. The van der Waals surface area contributed by atoms with Crippen molar-refractivity contribution in [3.05, 3.63) is 132 Å².